The summed E-state index contributed by atoms with van der Waals surface area (Å²) >= 11 is 0. The lowest BCUT2D eigenvalue weighted by molar-refractivity contribution is 0.00602. The molecule has 4 heteroatoms. The van der Waals surface area contributed by atoms with Crippen molar-refractivity contribution in [2.24, 2.45) is 0 Å². The molecule has 0 fully saturated rings. The van der Waals surface area contributed by atoms with Crippen LogP contribution in [0, 0.1) is 0 Å². The lowest BCUT2D eigenvalue weighted by Gasteiger charge is -2.27. The molecule has 0 atom stereocenters. The van der Waals surface area contributed by atoms with Gasteiger partial charge in [-0.15, -0.1) is 0 Å². The summed E-state index contributed by atoms with van der Waals surface area (Å²) in [6, 6.07) is 0. The number of aromatic amines is 1. The SMILES string of the molecule is CC(C)(C)OC(=O)c1n[nH]c(C(C)(C)C)c1C(C)(C)C. The number of esters is 1. The Morgan fingerprint density at radius 3 is 1.80 bits per heavy atom. The van der Waals surface area contributed by atoms with Crippen LogP contribution in [-0.2, 0) is 15.6 Å². The number of ether oxygens (including phenoxy) is 1. The Bertz CT molecular complexity index is 494. The summed E-state index contributed by atoms with van der Waals surface area (Å²) < 4.78 is 5.46. The molecule has 1 aromatic heterocycles. The summed E-state index contributed by atoms with van der Waals surface area (Å²) in [5, 5.41) is 7.27. The van der Waals surface area contributed by atoms with Crippen molar-refractivity contribution < 1.29 is 9.53 Å². The number of nitrogens with zero attached hydrogens (tertiary/aromatic N) is 1. The average Bonchev–Trinajstić information content (AvgIpc) is 2.56. The van der Waals surface area contributed by atoms with Gasteiger partial charge in [0.1, 0.15) is 5.60 Å². The summed E-state index contributed by atoms with van der Waals surface area (Å²) in [4.78, 5) is 12.4. The highest BCUT2D eigenvalue weighted by Gasteiger charge is 2.34. The van der Waals surface area contributed by atoms with Crippen LogP contribution in [0.3, 0.4) is 0 Å². The van der Waals surface area contributed by atoms with Gasteiger partial charge in [0, 0.05) is 16.7 Å². The lowest BCUT2D eigenvalue weighted by Crippen LogP contribution is -2.27. The number of rotatable bonds is 1. The van der Waals surface area contributed by atoms with Crippen molar-refractivity contribution in [2.75, 3.05) is 0 Å². The zero-order valence-corrected chi connectivity index (χ0v) is 14.3. The molecule has 0 unspecified atom stereocenters. The van der Waals surface area contributed by atoms with Gasteiger partial charge in [-0.3, -0.25) is 5.10 Å². The first-order chi connectivity index (χ1) is 8.73. The number of hydrogen-bond donors (Lipinski definition) is 1. The smallest absolute Gasteiger partial charge is 0.359 e. The first kappa shape index (κ1) is 16.7. The normalized spacial score (nSPS) is 13.4. The van der Waals surface area contributed by atoms with Crippen molar-refractivity contribution in [3.8, 4) is 0 Å². The van der Waals surface area contributed by atoms with Crippen molar-refractivity contribution in [1.82, 2.24) is 10.2 Å². The van der Waals surface area contributed by atoms with Gasteiger partial charge in [-0.05, 0) is 26.2 Å². The zero-order valence-electron chi connectivity index (χ0n) is 14.3. The molecule has 20 heavy (non-hydrogen) atoms. The minimum absolute atomic E-state index is 0.101. The van der Waals surface area contributed by atoms with Gasteiger partial charge < -0.3 is 4.74 Å². The van der Waals surface area contributed by atoms with Crippen LogP contribution in [-0.4, -0.2) is 21.8 Å². The molecule has 0 amide bonds. The second-order valence-electron chi connectivity index (χ2n) is 8.32. The lowest BCUT2D eigenvalue weighted by atomic mass is 9.78. The number of H-pyrrole nitrogens is 1. The van der Waals surface area contributed by atoms with E-state index in [0.29, 0.717) is 5.69 Å². The molecule has 0 saturated carbocycles. The predicted molar refractivity (Wildman–Crippen MR) is 81.2 cm³/mol. The molecule has 0 aliphatic carbocycles. The monoisotopic (exact) mass is 280 g/mol. The fourth-order valence-electron chi connectivity index (χ4n) is 2.09. The fourth-order valence-corrected chi connectivity index (χ4v) is 2.09. The third kappa shape index (κ3) is 3.84. The number of hydrogen-bond acceptors (Lipinski definition) is 3. The highest BCUT2D eigenvalue weighted by Crippen LogP contribution is 2.35. The van der Waals surface area contributed by atoms with E-state index < -0.39 is 5.60 Å². The molecule has 4 nitrogen and oxygen atoms in total. The van der Waals surface area contributed by atoms with Gasteiger partial charge in [0.15, 0.2) is 5.69 Å². The first-order valence-electron chi connectivity index (χ1n) is 7.06. The maximum absolute atomic E-state index is 12.4. The molecule has 0 bridgehead atoms. The van der Waals surface area contributed by atoms with E-state index in [-0.39, 0.29) is 16.8 Å². The number of aromatic nitrogens is 2. The standard InChI is InChI=1S/C16H28N2O2/c1-14(2,3)10-11(13(19)20-16(7,8)9)17-18-12(10)15(4,5)6/h1-9H3,(H,17,18). The highest BCUT2D eigenvalue weighted by atomic mass is 16.6. The average molecular weight is 280 g/mol. The molecule has 1 rings (SSSR count). The van der Waals surface area contributed by atoms with Crippen LogP contribution in [0.2, 0.25) is 0 Å². The van der Waals surface area contributed by atoms with Crippen molar-refractivity contribution >= 4 is 5.97 Å². The van der Waals surface area contributed by atoms with Gasteiger partial charge in [-0.2, -0.15) is 5.10 Å². The van der Waals surface area contributed by atoms with Crippen LogP contribution in [0.25, 0.3) is 0 Å². The van der Waals surface area contributed by atoms with E-state index in [4.69, 9.17) is 4.74 Å². The van der Waals surface area contributed by atoms with Crippen LogP contribution < -0.4 is 0 Å². The highest BCUT2D eigenvalue weighted by molar-refractivity contribution is 5.90. The second-order valence-corrected chi connectivity index (χ2v) is 8.32. The van der Waals surface area contributed by atoms with E-state index in [0.717, 1.165) is 11.3 Å². The van der Waals surface area contributed by atoms with Crippen LogP contribution in [0.1, 0.15) is 84.1 Å². The Hall–Kier alpha value is -1.32. The molecule has 0 radical (unpaired) electrons. The third-order valence-electron chi connectivity index (χ3n) is 2.86. The van der Waals surface area contributed by atoms with Crippen LogP contribution in [0.15, 0.2) is 0 Å². The molecule has 1 N–H and O–H groups in total. The van der Waals surface area contributed by atoms with E-state index in [2.05, 4.69) is 51.7 Å². The van der Waals surface area contributed by atoms with Gasteiger partial charge in [-0.25, -0.2) is 4.79 Å². The molecule has 1 heterocycles. The summed E-state index contributed by atoms with van der Waals surface area (Å²) in [7, 11) is 0. The summed E-state index contributed by atoms with van der Waals surface area (Å²) in [5.74, 6) is -0.367. The Kier molecular flexibility index (Phi) is 4.10. The number of nitrogens with one attached hydrogen (secondary N) is 1. The number of carbonyl (C=O) groups excluding carboxylic acids is 1. The van der Waals surface area contributed by atoms with E-state index >= 15 is 0 Å². The van der Waals surface area contributed by atoms with E-state index in [1.54, 1.807) is 0 Å². The predicted octanol–water partition coefficient (Wildman–Crippen LogP) is 3.96. The van der Waals surface area contributed by atoms with Gasteiger partial charge in [0.05, 0.1) is 0 Å². The van der Waals surface area contributed by atoms with Crippen LogP contribution in [0.4, 0.5) is 0 Å². The summed E-state index contributed by atoms with van der Waals surface area (Å²) in [6.45, 7) is 18.2. The Balaban J connectivity index is 3.36. The Labute approximate surface area is 122 Å². The van der Waals surface area contributed by atoms with Crippen molar-refractivity contribution in [3.05, 3.63) is 17.0 Å². The molecular weight excluding hydrogens is 252 g/mol. The van der Waals surface area contributed by atoms with E-state index in [9.17, 15) is 4.79 Å². The number of carbonyl (C=O) groups is 1. The zero-order chi connectivity index (χ0) is 15.9. The molecule has 0 spiro atoms. The van der Waals surface area contributed by atoms with E-state index in [1.807, 2.05) is 20.8 Å². The molecule has 1 aromatic rings. The maximum Gasteiger partial charge on any atom is 0.359 e. The quantitative estimate of drug-likeness (QED) is 0.792. The maximum atomic E-state index is 12.4. The van der Waals surface area contributed by atoms with Crippen LogP contribution in [0.5, 0.6) is 0 Å². The molecule has 0 aliphatic heterocycles. The van der Waals surface area contributed by atoms with Gasteiger partial charge >= 0.3 is 5.97 Å². The Morgan fingerprint density at radius 1 is 0.950 bits per heavy atom. The molecule has 0 saturated heterocycles. The molecular formula is C16H28N2O2. The van der Waals surface area contributed by atoms with Gasteiger partial charge in [-0.1, -0.05) is 41.5 Å². The van der Waals surface area contributed by atoms with Crippen molar-refractivity contribution in [1.29, 1.82) is 0 Å². The second kappa shape index (κ2) is 4.90. The summed E-state index contributed by atoms with van der Waals surface area (Å²) in [6.07, 6.45) is 0. The molecule has 114 valence electrons. The van der Waals surface area contributed by atoms with Crippen LogP contribution >= 0.6 is 0 Å². The largest absolute Gasteiger partial charge is 0.455 e. The van der Waals surface area contributed by atoms with E-state index in [1.165, 1.54) is 0 Å². The Morgan fingerprint density at radius 2 is 1.45 bits per heavy atom. The summed E-state index contributed by atoms with van der Waals surface area (Å²) in [5.41, 5.74) is 1.53. The van der Waals surface area contributed by atoms with Crippen molar-refractivity contribution in [3.63, 3.8) is 0 Å². The molecule has 0 aromatic carbocycles. The topological polar surface area (TPSA) is 55.0 Å². The molecule has 0 aliphatic rings. The van der Waals surface area contributed by atoms with Crippen molar-refractivity contribution in [2.45, 2.75) is 78.7 Å². The minimum atomic E-state index is -0.521. The fraction of sp³-hybridized carbons (Fsp3) is 0.750. The first-order valence-corrected chi connectivity index (χ1v) is 7.06. The van der Waals surface area contributed by atoms with Gasteiger partial charge in [0.2, 0.25) is 0 Å². The van der Waals surface area contributed by atoms with Gasteiger partial charge in [0.25, 0.3) is 0 Å². The third-order valence-corrected chi connectivity index (χ3v) is 2.86. The minimum Gasteiger partial charge on any atom is -0.455 e.